The maximum Gasteiger partial charge on any atom is 0.410 e. The average Bonchev–Trinajstić information content (AvgIpc) is 2.92. The lowest BCUT2D eigenvalue weighted by Gasteiger charge is -2.47. The molecule has 2 bridgehead atoms. The molecule has 0 aromatic carbocycles. The minimum atomic E-state index is -0.470. The van der Waals surface area contributed by atoms with E-state index in [2.05, 4.69) is 10.2 Å². The maximum atomic E-state index is 12.6. The largest absolute Gasteiger partial charge is 0.444 e. The highest BCUT2D eigenvalue weighted by molar-refractivity contribution is 5.82. The Hall–Kier alpha value is -1.30. The Balaban J connectivity index is 1.71. The van der Waals surface area contributed by atoms with E-state index in [-0.39, 0.29) is 23.6 Å². The molecule has 3 heterocycles. The van der Waals surface area contributed by atoms with Crippen LogP contribution in [0.1, 0.15) is 47.0 Å². The first-order valence-corrected chi connectivity index (χ1v) is 8.76. The van der Waals surface area contributed by atoms with E-state index in [4.69, 9.17) is 4.74 Å². The topological polar surface area (TPSA) is 61.9 Å². The number of fused-ring (bicyclic) bond motifs is 1. The van der Waals surface area contributed by atoms with Gasteiger partial charge in [0, 0.05) is 26.2 Å². The second-order valence-corrected chi connectivity index (χ2v) is 8.28. The lowest BCUT2D eigenvalue weighted by Crippen LogP contribution is -2.63. The SMILES string of the molecule is CCC1C(=O)NCCN1CC12CC(CN1C(=O)OC(C)(C)C)C2. The molecule has 0 aromatic heterocycles. The fraction of sp³-hybridized carbons (Fsp3) is 0.882. The van der Waals surface area contributed by atoms with Gasteiger partial charge in [-0.2, -0.15) is 0 Å². The van der Waals surface area contributed by atoms with Gasteiger partial charge in [0.05, 0.1) is 11.6 Å². The fourth-order valence-corrected chi connectivity index (χ4v) is 4.39. The van der Waals surface area contributed by atoms with Gasteiger partial charge in [0.2, 0.25) is 5.91 Å². The van der Waals surface area contributed by atoms with E-state index in [1.165, 1.54) is 0 Å². The van der Waals surface area contributed by atoms with Crippen molar-refractivity contribution >= 4 is 12.0 Å². The van der Waals surface area contributed by atoms with Crippen LogP contribution < -0.4 is 5.32 Å². The molecule has 0 spiro atoms. The van der Waals surface area contributed by atoms with E-state index in [1.54, 1.807) is 0 Å². The lowest BCUT2D eigenvalue weighted by molar-refractivity contribution is -0.130. The third-order valence-electron chi connectivity index (χ3n) is 5.29. The van der Waals surface area contributed by atoms with Crippen molar-refractivity contribution in [1.29, 1.82) is 0 Å². The van der Waals surface area contributed by atoms with Crippen LogP contribution in [0.4, 0.5) is 4.79 Å². The van der Waals surface area contributed by atoms with Crippen molar-refractivity contribution in [1.82, 2.24) is 15.1 Å². The second kappa shape index (κ2) is 5.65. The average molecular weight is 323 g/mol. The summed E-state index contributed by atoms with van der Waals surface area (Å²) in [4.78, 5) is 28.8. The molecule has 1 aliphatic carbocycles. The smallest absolute Gasteiger partial charge is 0.410 e. The van der Waals surface area contributed by atoms with Gasteiger partial charge in [-0.3, -0.25) is 9.69 Å². The van der Waals surface area contributed by atoms with E-state index >= 15 is 0 Å². The molecule has 130 valence electrons. The molecule has 4 fully saturated rings. The van der Waals surface area contributed by atoms with Crippen molar-refractivity contribution in [3.8, 4) is 0 Å². The molecule has 2 amide bonds. The van der Waals surface area contributed by atoms with Crippen LogP contribution in [0.2, 0.25) is 0 Å². The molecule has 6 heteroatoms. The Bertz CT molecular complexity index is 494. The molecular formula is C17H29N3O3. The number of nitrogens with zero attached hydrogens (tertiary/aromatic N) is 2. The summed E-state index contributed by atoms with van der Waals surface area (Å²) in [5.41, 5.74) is -0.597. The molecule has 1 saturated carbocycles. The summed E-state index contributed by atoms with van der Waals surface area (Å²) in [6, 6.07) is -0.0711. The van der Waals surface area contributed by atoms with Crippen molar-refractivity contribution in [2.24, 2.45) is 5.92 Å². The Morgan fingerprint density at radius 1 is 1.39 bits per heavy atom. The highest BCUT2D eigenvalue weighted by Crippen LogP contribution is 2.51. The van der Waals surface area contributed by atoms with Crippen LogP contribution in [0.5, 0.6) is 0 Å². The van der Waals surface area contributed by atoms with E-state index in [9.17, 15) is 9.59 Å². The molecule has 3 saturated heterocycles. The predicted octanol–water partition coefficient (Wildman–Crippen LogP) is 1.60. The van der Waals surface area contributed by atoms with Crippen molar-refractivity contribution in [2.75, 3.05) is 26.2 Å². The molecule has 1 atom stereocenters. The van der Waals surface area contributed by atoms with Crippen molar-refractivity contribution < 1.29 is 14.3 Å². The summed E-state index contributed by atoms with van der Waals surface area (Å²) >= 11 is 0. The zero-order valence-electron chi connectivity index (χ0n) is 14.7. The van der Waals surface area contributed by atoms with E-state index in [0.717, 1.165) is 38.9 Å². The molecular weight excluding hydrogens is 294 g/mol. The summed E-state index contributed by atoms with van der Waals surface area (Å²) in [5.74, 6) is 0.717. The molecule has 6 nitrogen and oxygen atoms in total. The normalized spacial score (nSPS) is 34.1. The van der Waals surface area contributed by atoms with Gasteiger partial charge in [0.15, 0.2) is 0 Å². The number of amides is 2. The molecule has 4 aliphatic rings. The highest BCUT2D eigenvalue weighted by atomic mass is 16.6. The summed E-state index contributed by atoms with van der Waals surface area (Å²) in [6.07, 6.45) is 2.69. The summed E-state index contributed by atoms with van der Waals surface area (Å²) < 4.78 is 5.60. The van der Waals surface area contributed by atoms with Crippen molar-refractivity contribution in [3.05, 3.63) is 0 Å². The molecule has 4 rings (SSSR count). The monoisotopic (exact) mass is 323 g/mol. The Kier molecular flexibility index (Phi) is 4.07. The van der Waals surface area contributed by atoms with E-state index in [1.807, 2.05) is 32.6 Å². The van der Waals surface area contributed by atoms with Gasteiger partial charge in [-0.25, -0.2) is 4.79 Å². The number of ether oxygens (including phenoxy) is 1. The molecule has 0 aromatic rings. The van der Waals surface area contributed by atoms with Crippen LogP contribution >= 0.6 is 0 Å². The highest BCUT2D eigenvalue weighted by Gasteiger charge is 2.59. The van der Waals surface area contributed by atoms with Crippen molar-refractivity contribution in [3.63, 3.8) is 0 Å². The van der Waals surface area contributed by atoms with Gasteiger partial charge in [-0.1, -0.05) is 6.92 Å². The van der Waals surface area contributed by atoms with Crippen molar-refractivity contribution in [2.45, 2.75) is 64.1 Å². The number of carbonyl (C=O) groups excluding carboxylic acids is 2. The van der Waals surface area contributed by atoms with Crippen LogP contribution in [-0.2, 0) is 9.53 Å². The number of hydrogen-bond acceptors (Lipinski definition) is 4. The maximum absolute atomic E-state index is 12.6. The standard InChI is InChI=1S/C17H29N3O3/c1-5-13-14(21)18-6-7-19(13)11-17-8-12(9-17)10-20(17)15(22)23-16(2,3)4/h12-13H,5-11H2,1-4H3,(H,18,21). The number of piperazine rings is 1. The summed E-state index contributed by atoms with van der Waals surface area (Å²) in [7, 11) is 0. The number of carbonyl (C=O) groups is 2. The molecule has 1 unspecified atom stereocenters. The van der Waals surface area contributed by atoms with E-state index in [0.29, 0.717) is 12.5 Å². The van der Waals surface area contributed by atoms with Gasteiger partial charge in [-0.05, 0) is 46.0 Å². The van der Waals surface area contributed by atoms with Gasteiger partial charge in [0.1, 0.15) is 5.60 Å². The minimum absolute atomic E-state index is 0.0711. The Morgan fingerprint density at radius 3 is 2.70 bits per heavy atom. The summed E-state index contributed by atoms with van der Waals surface area (Å²) in [6.45, 7) is 10.9. The first kappa shape index (κ1) is 16.6. The van der Waals surface area contributed by atoms with E-state index < -0.39 is 5.60 Å². The third kappa shape index (κ3) is 3.05. The first-order valence-electron chi connectivity index (χ1n) is 8.76. The molecule has 3 aliphatic heterocycles. The predicted molar refractivity (Wildman–Crippen MR) is 87.1 cm³/mol. The van der Waals surface area contributed by atoms with Crippen LogP contribution in [-0.4, -0.2) is 65.2 Å². The summed E-state index contributed by atoms with van der Waals surface area (Å²) in [5, 5.41) is 2.94. The van der Waals surface area contributed by atoms with Crippen LogP contribution in [0.25, 0.3) is 0 Å². The van der Waals surface area contributed by atoms with Crippen LogP contribution in [0.3, 0.4) is 0 Å². The van der Waals surface area contributed by atoms with Gasteiger partial charge in [0.25, 0.3) is 0 Å². The lowest BCUT2D eigenvalue weighted by atomic mass is 9.72. The number of nitrogens with one attached hydrogen (secondary N) is 1. The third-order valence-corrected chi connectivity index (χ3v) is 5.29. The zero-order chi connectivity index (χ0) is 16.8. The minimum Gasteiger partial charge on any atom is -0.444 e. The Labute approximate surface area is 138 Å². The zero-order valence-corrected chi connectivity index (χ0v) is 14.7. The van der Waals surface area contributed by atoms with Crippen LogP contribution in [0, 0.1) is 5.92 Å². The molecule has 1 N–H and O–H groups in total. The molecule has 0 radical (unpaired) electrons. The second-order valence-electron chi connectivity index (χ2n) is 8.28. The van der Waals surface area contributed by atoms with Gasteiger partial charge in [-0.15, -0.1) is 0 Å². The first-order chi connectivity index (χ1) is 10.7. The fourth-order valence-electron chi connectivity index (χ4n) is 4.39. The van der Waals surface area contributed by atoms with Crippen LogP contribution in [0.15, 0.2) is 0 Å². The number of hydrogen-bond donors (Lipinski definition) is 1. The van der Waals surface area contributed by atoms with Gasteiger partial charge >= 0.3 is 6.09 Å². The van der Waals surface area contributed by atoms with Gasteiger partial charge < -0.3 is 15.0 Å². The quantitative estimate of drug-likeness (QED) is 0.857. The Morgan fingerprint density at radius 2 is 2.09 bits per heavy atom. The molecule has 23 heavy (non-hydrogen) atoms. The number of rotatable bonds is 3.